The molecular weight excluding hydrogens is 398 g/mol. The summed E-state index contributed by atoms with van der Waals surface area (Å²) in [6, 6.07) is 5.81. The monoisotopic (exact) mass is 423 g/mol. The van der Waals surface area contributed by atoms with Gasteiger partial charge in [-0.3, -0.25) is 9.67 Å². The number of fused-ring (bicyclic) bond motifs is 5. The molecule has 7 heteroatoms. The maximum absolute atomic E-state index is 9.09. The number of nitrogens with zero attached hydrogens (tertiary/aromatic N) is 4. The maximum atomic E-state index is 9.09. The maximum Gasteiger partial charge on any atom is 0.108 e. The van der Waals surface area contributed by atoms with Gasteiger partial charge in [0, 0.05) is 33.9 Å². The Balaban J connectivity index is 1.27. The summed E-state index contributed by atoms with van der Waals surface area (Å²) >= 11 is 6.17. The first kappa shape index (κ1) is 19.5. The molecule has 0 spiro atoms. The zero-order valence-electron chi connectivity index (χ0n) is 16.9. The third kappa shape index (κ3) is 3.70. The topological polar surface area (TPSA) is 89.8 Å². The minimum atomic E-state index is -0.0581. The van der Waals surface area contributed by atoms with Crippen LogP contribution in [0.25, 0.3) is 10.9 Å². The lowest BCUT2D eigenvalue weighted by molar-refractivity contribution is 0.276. The number of allylic oxidation sites excluding steroid dienone is 2. The summed E-state index contributed by atoms with van der Waals surface area (Å²) in [6.07, 6.45) is 10.8. The molecule has 2 bridgehead atoms. The molecule has 3 aromatic rings. The van der Waals surface area contributed by atoms with Crippen LogP contribution in [0.15, 0.2) is 36.0 Å². The highest BCUT2D eigenvalue weighted by atomic mass is 35.5. The van der Waals surface area contributed by atoms with Gasteiger partial charge >= 0.3 is 0 Å². The van der Waals surface area contributed by atoms with Crippen molar-refractivity contribution in [1.29, 1.82) is 0 Å². The lowest BCUT2D eigenvalue weighted by Gasteiger charge is -2.36. The van der Waals surface area contributed by atoms with E-state index < -0.39 is 0 Å². The lowest BCUT2D eigenvalue weighted by Crippen LogP contribution is -2.24. The highest BCUT2D eigenvalue weighted by molar-refractivity contribution is 6.31. The molecule has 2 heterocycles. The van der Waals surface area contributed by atoms with Crippen LogP contribution in [0.1, 0.15) is 55.0 Å². The minimum absolute atomic E-state index is 0.0581. The summed E-state index contributed by atoms with van der Waals surface area (Å²) in [7, 11) is 0. The third-order valence-electron chi connectivity index (χ3n) is 6.42. The van der Waals surface area contributed by atoms with Crippen molar-refractivity contribution in [3.8, 4) is 0 Å². The SMILES string of the molecule is Nc1c2c(nc3cc(Cl)ccc13)C[C@H]1C=C(CCCCn3cc(CO)nn3)C[C@H]2C1. The first-order valence-corrected chi connectivity index (χ1v) is 11.1. The van der Waals surface area contributed by atoms with E-state index in [0.29, 0.717) is 22.6 Å². The van der Waals surface area contributed by atoms with Crippen molar-refractivity contribution in [2.24, 2.45) is 5.92 Å². The van der Waals surface area contributed by atoms with Gasteiger partial charge in [-0.25, -0.2) is 0 Å². The van der Waals surface area contributed by atoms with Crippen LogP contribution >= 0.6 is 11.6 Å². The smallest absolute Gasteiger partial charge is 0.108 e. The van der Waals surface area contributed by atoms with Crippen LogP contribution in [0.4, 0.5) is 5.69 Å². The second kappa shape index (κ2) is 8.00. The van der Waals surface area contributed by atoms with Gasteiger partial charge in [0.1, 0.15) is 5.69 Å². The fourth-order valence-electron chi connectivity index (χ4n) is 5.12. The predicted molar refractivity (Wildman–Crippen MR) is 118 cm³/mol. The van der Waals surface area contributed by atoms with E-state index in [1.54, 1.807) is 5.57 Å². The number of benzene rings is 1. The van der Waals surface area contributed by atoms with E-state index in [4.69, 9.17) is 27.4 Å². The number of pyridine rings is 1. The van der Waals surface area contributed by atoms with Gasteiger partial charge in [0.2, 0.25) is 0 Å². The van der Waals surface area contributed by atoms with Crippen LogP contribution in [-0.2, 0) is 19.6 Å². The summed E-state index contributed by atoms with van der Waals surface area (Å²) in [5.41, 5.74) is 13.0. The number of hydrogen-bond donors (Lipinski definition) is 2. The number of aliphatic hydroxyl groups excluding tert-OH is 1. The van der Waals surface area contributed by atoms with Gasteiger partial charge in [-0.15, -0.1) is 5.10 Å². The molecule has 0 saturated heterocycles. The summed E-state index contributed by atoms with van der Waals surface area (Å²) in [5, 5.41) is 18.8. The third-order valence-corrected chi connectivity index (χ3v) is 6.66. The number of aryl methyl sites for hydroxylation is 1. The van der Waals surface area contributed by atoms with Crippen molar-refractivity contribution < 1.29 is 5.11 Å². The highest BCUT2D eigenvalue weighted by Gasteiger charge is 2.33. The second-order valence-electron chi connectivity index (χ2n) is 8.56. The van der Waals surface area contributed by atoms with Crippen molar-refractivity contribution in [2.45, 2.75) is 57.6 Å². The van der Waals surface area contributed by atoms with Gasteiger partial charge in [0.15, 0.2) is 0 Å². The fourth-order valence-corrected chi connectivity index (χ4v) is 5.29. The van der Waals surface area contributed by atoms with Crippen molar-refractivity contribution in [3.63, 3.8) is 0 Å². The number of nitrogen functional groups attached to an aromatic ring is 1. The predicted octanol–water partition coefficient (Wildman–Crippen LogP) is 4.40. The molecule has 5 rings (SSSR count). The van der Waals surface area contributed by atoms with Crippen LogP contribution in [0.5, 0.6) is 0 Å². The van der Waals surface area contributed by atoms with Crippen LogP contribution < -0.4 is 5.73 Å². The number of aromatic nitrogens is 4. The molecule has 0 amide bonds. The Bertz CT molecular complexity index is 1120. The van der Waals surface area contributed by atoms with Crippen molar-refractivity contribution in [2.75, 3.05) is 5.73 Å². The number of halogens is 1. The highest BCUT2D eigenvalue weighted by Crippen LogP contribution is 2.47. The molecule has 0 unspecified atom stereocenters. The average molecular weight is 424 g/mol. The Kier molecular flexibility index (Phi) is 5.21. The van der Waals surface area contributed by atoms with E-state index in [0.717, 1.165) is 60.9 Å². The second-order valence-corrected chi connectivity index (χ2v) is 9.00. The normalized spacial score (nSPS) is 20.3. The lowest BCUT2D eigenvalue weighted by atomic mass is 9.70. The van der Waals surface area contributed by atoms with Gasteiger partial charge in [0.05, 0.1) is 18.3 Å². The Morgan fingerprint density at radius 1 is 1.23 bits per heavy atom. The number of aliphatic hydroxyl groups is 1. The molecule has 0 saturated carbocycles. The standard InChI is InChI=1S/C23H26ClN5O/c24-17-4-5-19-20(11-17)26-21-10-15-7-14(8-16(9-15)22(21)23(19)25)3-1-2-6-29-12-18(13-30)27-28-29/h4-5,7,11-12,15-16,30H,1-3,6,8-10,13H2,(H2,25,26)/t15-,16-/m0/s1. The fraction of sp³-hybridized carbons (Fsp3) is 0.435. The van der Waals surface area contributed by atoms with Crippen molar-refractivity contribution in [1.82, 2.24) is 20.0 Å². The van der Waals surface area contributed by atoms with Crippen molar-refractivity contribution >= 4 is 28.2 Å². The first-order chi connectivity index (χ1) is 14.6. The van der Waals surface area contributed by atoms with Crippen LogP contribution in [-0.4, -0.2) is 25.1 Å². The number of anilines is 1. The Labute approximate surface area is 180 Å². The van der Waals surface area contributed by atoms with Crippen LogP contribution in [0.3, 0.4) is 0 Å². The Hall–Kier alpha value is -2.44. The molecule has 2 aliphatic carbocycles. The molecule has 2 aromatic heterocycles. The average Bonchev–Trinajstić information content (AvgIpc) is 3.18. The molecule has 3 N–H and O–H groups in total. The molecular formula is C23H26ClN5O. The summed E-state index contributed by atoms with van der Waals surface area (Å²) in [5.74, 6) is 1.02. The minimum Gasteiger partial charge on any atom is -0.398 e. The van der Waals surface area contributed by atoms with E-state index in [-0.39, 0.29) is 6.61 Å². The number of rotatable bonds is 6. The number of unbranched alkanes of at least 4 members (excludes halogenated alkanes) is 1. The van der Waals surface area contributed by atoms with Crippen LogP contribution in [0.2, 0.25) is 5.02 Å². The molecule has 0 fully saturated rings. The van der Waals surface area contributed by atoms with Gasteiger partial charge in [-0.1, -0.05) is 28.5 Å². The zero-order valence-corrected chi connectivity index (χ0v) is 17.6. The van der Waals surface area contributed by atoms with Crippen LogP contribution in [0, 0.1) is 5.92 Å². The van der Waals surface area contributed by atoms with Gasteiger partial charge in [-0.2, -0.15) is 0 Å². The van der Waals surface area contributed by atoms with E-state index in [2.05, 4.69) is 16.4 Å². The van der Waals surface area contributed by atoms with E-state index >= 15 is 0 Å². The first-order valence-electron chi connectivity index (χ1n) is 10.7. The van der Waals surface area contributed by atoms with E-state index in [1.165, 1.54) is 12.0 Å². The summed E-state index contributed by atoms with van der Waals surface area (Å²) < 4.78 is 1.81. The van der Waals surface area contributed by atoms with Gasteiger partial charge in [0.25, 0.3) is 0 Å². The quantitative estimate of drug-likeness (QED) is 0.453. The van der Waals surface area contributed by atoms with E-state index in [9.17, 15) is 0 Å². The molecule has 2 aliphatic rings. The zero-order chi connectivity index (χ0) is 20.7. The number of hydrogen-bond acceptors (Lipinski definition) is 5. The Morgan fingerprint density at radius 2 is 2.13 bits per heavy atom. The Morgan fingerprint density at radius 3 is 2.97 bits per heavy atom. The molecule has 2 atom stereocenters. The molecule has 30 heavy (non-hydrogen) atoms. The van der Waals surface area contributed by atoms with E-state index in [1.807, 2.05) is 29.1 Å². The molecule has 156 valence electrons. The molecule has 0 radical (unpaired) electrons. The largest absolute Gasteiger partial charge is 0.398 e. The van der Waals surface area contributed by atoms with Gasteiger partial charge in [-0.05, 0) is 68.6 Å². The summed E-state index contributed by atoms with van der Waals surface area (Å²) in [4.78, 5) is 4.94. The summed E-state index contributed by atoms with van der Waals surface area (Å²) in [6.45, 7) is 0.777. The molecule has 0 aliphatic heterocycles. The molecule has 1 aromatic carbocycles. The molecule has 6 nitrogen and oxygen atoms in total. The number of nitrogens with two attached hydrogens (primary N) is 1. The van der Waals surface area contributed by atoms with Gasteiger partial charge < -0.3 is 10.8 Å². The van der Waals surface area contributed by atoms with Crippen molar-refractivity contribution in [3.05, 3.63) is 58.0 Å².